The van der Waals surface area contributed by atoms with Crippen molar-refractivity contribution in [3.8, 4) is 22.3 Å². The predicted octanol–water partition coefficient (Wildman–Crippen LogP) is 2.66. The van der Waals surface area contributed by atoms with Crippen LogP contribution in [0.5, 0.6) is 0 Å². The van der Waals surface area contributed by atoms with Gasteiger partial charge in [0.2, 0.25) is 6.71 Å². The zero-order valence-electron chi connectivity index (χ0n) is 33.6. The van der Waals surface area contributed by atoms with Gasteiger partial charge in [0.15, 0.2) is 0 Å². The number of fused-ring (bicyclic) bond motifs is 6. The maximum absolute atomic E-state index is 2.53. The van der Waals surface area contributed by atoms with Crippen molar-refractivity contribution in [3.63, 3.8) is 0 Å². The summed E-state index contributed by atoms with van der Waals surface area (Å²) in [5.74, 6) is 0. The molecule has 2 aliphatic heterocycles. The molecular weight excluding hydrogens is 682 g/mol. The van der Waals surface area contributed by atoms with Crippen LogP contribution in [0, 0.1) is 0 Å². The highest BCUT2D eigenvalue weighted by Crippen LogP contribution is 2.47. The van der Waals surface area contributed by atoms with Gasteiger partial charge in [0.05, 0.1) is 0 Å². The molecule has 2 heterocycles. The summed E-state index contributed by atoms with van der Waals surface area (Å²) < 4.78 is 0. The molecule has 0 nitrogen and oxygen atoms in total. The Morgan fingerprint density at radius 2 is 0.815 bits per heavy atom. The SMILES string of the molecule is Bc1c(B)c(B)c(-c2c3ccccc3c(-c3cc4c5c(c3)Sc3cc(C(C)(C)C)ccc3B5c3ccc(C(C)(C)C)cc3S4)c3ccccc23)c(B)c1B. The molecule has 0 N–H and O–H groups in total. The quantitative estimate of drug-likeness (QED) is 0.199. The lowest BCUT2D eigenvalue weighted by Crippen LogP contribution is -2.58. The maximum atomic E-state index is 2.53. The third kappa shape index (κ3) is 5.45. The second-order valence-electron chi connectivity index (χ2n) is 17.9. The Labute approximate surface area is 335 Å². The minimum Gasteiger partial charge on any atom is -0.102 e. The molecule has 0 amide bonds. The van der Waals surface area contributed by atoms with Gasteiger partial charge in [-0.3, -0.25) is 0 Å². The molecule has 8 heteroatoms. The van der Waals surface area contributed by atoms with E-state index in [1.165, 1.54) is 118 Å². The van der Waals surface area contributed by atoms with Crippen LogP contribution in [0.4, 0.5) is 0 Å². The van der Waals surface area contributed by atoms with Gasteiger partial charge in [0, 0.05) is 19.6 Å². The molecular formula is C46H44B6S2. The average Bonchev–Trinajstić information content (AvgIpc) is 3.14. The molecule has 7 aromatic rings. The van der Waals surface area contributed by atoms with E-state index in [1.807, 2.05) is 23.5 Å². The third-order valence-electron chi connectivity index (χ3n) is 12.7. The Morgan fingerprint density at radius 1 is 0.426 bits per heavy atom. The van der Waals surface area contributed by atoms with Crippen LogP contribution in [0.1, 0.15) is 52.7 Å². The zero-order chi connectivity index (χ0) is 38.0. The minimum atomic E-state index is 0.0790. The van der Waals surface area contributed by atoms with Crippen molar-refractivity contribution in [3.05, 3.63) is 108 Å². The standard InChI is InChI=1S/C46H44B6S2/c1-45(2,3)24-15-17-30-32(21-24)53-34-19-23(20-35-44(34)52(30)31-18-16-25(46(4,5)6)22-33(31)54-35)36-26-11-7-9-13-28(26)37(29-14-10-8-12-27(29)36)38-39(47)41(49)43(51)42(50)40(38)48/h7-22H,47-51H2,1-6H3. The van der Waals surface area contributed by atoms with E-state index in [4.69, 9.17) is 0 Å². The lowest BCUT2D eigenvalue weighted by Gasteiger charge is -2.35. The van der Waals surface area contributed by atoms with Gasteiger partial charge >= 0.3 is 0 Å². The van der Waals surface area contributed by atoms with Gasteiger partial charge in [-0.25, -0.2) is 0 Å². The second kappa shape index (κ2) is 12.6. The van der Waals surface area contributed by atoms with Gasteiger partial charge in [-0.05, 0) is 95.5 Å². The van der Waals surface area contributed by atoms with Crippen LogP contribution >= 0.6 is 23.5 Å². The summed E-state index contributed by atoms with van der Waals surface area (Å²) in [7, 11) is 11.5. The van der Waals surface area contributed by atoms with E-state index in [9.17, 15) is 0 Å². The van der Waals surface area contributed by atoms with Crippen LogP contribution in [0.3, 0.4) is 0 Å². The second-order valence-corrected chi connectivity index (χ2v) is 20.0. The Balaban J connectivity index is 1.35. The fourth-order valence-corrected chi connectivity index (χ4v) is 11.7. The van der Waals surface area contributed by atoms with Crippen LogP contribution in [-0.4, -0.2) is 45.9 Å². The molecule has 0 saturated heterocycles. The van der Waals surface area contributed by atoms with E-state index in [1.54, 1.807) is 0 Å². The molecule has 7 aromatic carbocycles. The van der Waals surface area contributed by atoms with E-state index < -0.39 is 0 Å². The molecule has 0 atom stereocenters. The smallest absolute Gasteiger partial charge is 0.102 e. The van der Waals surface area contributed by atoms with Crippen LogP contribution in [-0.2, 0) is 10.8 Å². The largest absolute Gasteiger partial charge is 0.247 e. The molecule has 0 aliphatic carbocycles. The molecule has 0 spiro atoms. The molecule has 0 radical (unpaired) electrons. The first-order valence-corrected chi connectivity index (χ1v) is 21.1. The number of rotatable bonds is 2. The summed E-state index contributed by atoms with van der Waals surface area (Å²) in [5.41, 5.74) is 19.7. The van der Waals surface area contributed by atoms with Crippen molar-refractivity contribution in [2.45, 2.75) is 72.0 Å². The molecule has 9 rings (SSSR count). The van der Waals surface area contributed by atoms with Crippen LogP contribution in [0.2, 0.25) is 0 Å². The molecule has 0 unspecified atom stereocenters. The molecule has 0 saturated carbocycles. The molecule has 258 valence electrons. The highest BCUT2D eigenvalue weighted by molar-refractivity contribution is 8.01. The first-order valence-electron chi connectivity index (χ1n) is 19.5. The van der Waals surface area contributed by atoms with Gasteiger partial charge in [-0.15, -0.1) is 16.4 Å². The van der Waals surface area contributed by atoms with E-state index in [0.717, 1.165) is 0 Å². The number of hydrogen-bond donors (Lipinski definition) is 0. The Kier molecular flexibility index (Phi) is 8.35. The van der Waals surface area contributed by atoms with Crippen LogP contribution in [0.25, 0.3) is 43.8 Å². The predicted molar refractivity (Wildman–Crippen MR) is 256 cm³/mol. The maximum Gasteiger partial charge on any atom is 0.247 e. The molecule has 0 bridgehead atoms. The Morgan fingerprint density at radius 3 is 1.22 bits per heavy atom. The van der Waals surface area contributed by atoms with Gasteiger partial charge in [0.1, 0.15) is 39.2 Å². The molecule has 2 aliphatic rings. The Hall–Kier alpha value is -3.85. The van der Waals surface area contributed by atoms with Crippen molar-refractivity contribution < 1.29 is 0 Å². The van der Waals surface area contributed by atoms with Crippen LogP contribution in [0.15, 0.2) is 117 Å². The van der Waals surface area contributed by atoms with E-state index in [-0.39, 0.29) is 17.5 Å². The summed E-state index contributed by atoms with van der Waals surface area (Å²) >= 11 is 3.95. The molecule has 0 aromatic heterocycles. The number of hydrogen-bond acceptors (Lipinski definition) is 2. The van der Waals surface area contributed by atoms with Crippen molar-refractivity contribution in [2.75, 3.05) is 0 Å². The molecule has 54 heavy (non-hydrogen) atoms. The normalized spacial score (nSPS) is 13.6. The summed E-state index contributed by atoms with van der Waals surface area (Å²) in [6, 6.07) is 38.0. The van der Waals surface area contributed by atoms with Gasteiger partial charge in [0.25, 0.3) is 0 Å². The fraction of sp³-hybridized carbons (Fsp3) is 0.174. The van der Waals surface area contributed by atoms with Crippen molar-refractivity contribution >= 4 is 135 Å². The number of benzene rings is 7. The summed E-state index contributed by atoms with van der Waals surface area (Å²) in [5, 5.41) is 5.28. The average molecular weight is 726 g/mol. The van der Waals surface area contributed by atoms with Crippen molar-refractivity contribution in [2.24, 2.45) is 0 Å². The van der Waals surface area contributed by atoms with Crippen LogP contribution < -0.4 is 43.7 Å². The summed E-state index contributed by atoms with van der Waals surface area (Å²) in [4.78, 5) is 5.56. The third-order valence-corrected chi connectivity index (χ3v) is 14.9. The zero-order valence-corrected chi connectivity index (χ0v) is 35.3. The van der Waals surface area contributed by atoms with Crippen molar-refractivity contribution in [1.29, 1.82) is 0 Å². The molecule has 0 fully saturated rings. The highest BCUT2D eigenvalue weighted by atomic mass is 32.2. The fourth-order valence-electron chi connectivity index (χ4n) is 9.15. The first kappa shape index (κ1) is 35.8. The van der Waals surface area contributed by atoms with Gasteiger partial charge < -0.3 is 0 Å². The lowest BCUT2D eigenvalue weighted by molar-refractivity contribution is 0.589. The van der Waals surface area contributed by atoms with E-state index in [0.29, 0.717) is 0 Å². The monoisotopic (exact) mass is 726 g/mol. The van der Waals surface area contributed by atoms with Gasteiger partial charge in [-0.1, -0.05) is 160 Å². The Bertz CT molecular complexity index is 2580. The topological polar surface area (TPSA) is 0 Å². The minimum absolute atomic E-state index is 0.0790. The van der Waals surface area contributed by atoms with E-state index in [2.05, 4.69) is 178 Å². The van der Waals surface area contributed by atoms with Gasteiger partial charge in [-0.2, -0.15) is 0 Å². The first-order chi connectivity index (χ1) is 25.6. The summed E-state index contributed by atoms with van der Waals surface area (Å²) in [6.45, 7) is 14.2. The lowest BCUT2D eigenvalue weighted by atomic mass is 9.36. The highest BCUT2D eigenvalue weighted by Gasteiger charge is 2.39. The van der Waals surface area contributed by atoms with Crippen molar-refractivity contribution in [1.82, 2.24) is 0 Å². The van der Waals surface area contributed by atoms with E-state index >= 15 is 0 Å². The summed E-state index contributed by atoms with van der Waals surface area (Å²) in [6.07, 6.45) is 0.